The molecule has 1 aromatic carbocycles. The molecule has 1 aromatic rings. The van der Waals surface area contributed by atoms with Crippen LogP contribution in [0.4, 0.5) is 0 Å². The smallest absolute Gasteiger partial charge is 0.274 e. The van der Waals surface area contributed by atoms with Gasteiger partial charge in [-0.2, -0.15) is 0 Å². The van der Waals surface area contributed by atoms with E-state index in [1.165, 1.54) is 0 Å². The van der Waals surface area contributed by atoms with Crippen molar-refractivity contribution in [3.8, 4) is 0 Å². The third kappa shape index (κ3) is 4.57. The molecule has 96 valence electrons. The SMILES string of the molecule is CC.CCC(CC)c1cccc(C(=O)NO)c1. The molecule has 0 saturated carbocycles. The summed E-state index contributed by atoms with van der Waals surface area (Å²) < 4.78 is 0. The average Bonchev–Trinajstić information content (AvgIpc) is 2.42. The van der Waals surface area contributed by atoms with Crippen molar-refractivity contribution < 1.29 is 10.0 Å². The Labute approximate surface area is 104 Å². The number of carbonyl (C=O) groups is 1. The fourth-order valence-corrected chi connectivity index (χ4v) is 1.76. The molecule has 0 radical (unpaired) electrons. The molecule has 0 atom stereocenters. The van der Waals surface area contributed by atoms with Crippen molar-refractivity contribution in [2.45, 2.75) is 46.5 Å². The molecule has 3 nitrogen and oxygen atoms in total. The van der Waals surface area contributed by atoms with Crippen molar-refractivity contribution in [1.82, 2.24) is 5.48 Å². The maximum atomic E-state index is 11.2. The number of amides is 1. The summed E-state index contributed by atoms with van der Waals surface area (Å²) in [6.45, 7) is 8.26. The summed E-state index contributed by atoms with van der Waals surface area (Å²) in [6, 6.07) is 7.39. The van der Waals surface area contributed by atoms with Crippen LogP contribution >= 0.6 is 0 Å². The average molecular weight is 237 g/mol. The van der Waals surface area contributed by atoms with E-state index in [0.29, 0.717) is 11.5 Å². The van der Waals surface area contributed by atoms with Gasteiger partial charge in [0.15, 0.2) is 0 Å². The molecule has 2 N–H and O–H groups in total. The molecule has 3 heteroatoms. The lowest BCUT2D eigenvalue weighted by Gasteiger charge is -2.13. The first kappa shape index (κ1) is 15.7. The molecule has 0 heterocycles. The zero-order valence-corrected chi connectivity index (χ0v) is 11.2. The topological polar surface area (TPSA) is 49.3 Å². The largest absolute Gasteiger partial charge is 0.288 e. The van der Waals surface area contributed by atoms with Gasteiger partial charge < -0.3 is 0 Å². The first-order valence-corrected chi connectivity index (χ1v) is 6.27. The van der Waals surface area contributed by atoms with Gasteiger partial charge in [-0.3, -0.25) is 10.0 Å². The fourth-order valence-electron chi connectivity index (χ4n) is 1.76. The van der Waals surface area contributed by atoms with Gasteiger partial charge in [-0.25, -0.2) is 5.48 Å². The number of benzene rings is 1. The van der Waals surface area contributed by atoms with Crippen LogP contribution < -0.4 is 5.48 Å². The number of nitrogens with one attached hydrogen (secondary N) is 1. The van der Waals surface area contributed by atoms with E-state index in [1.54, 1.807) is 11.5 Å². The molecule has 1 amide bonds. The van der Waals surface area contributed by atoms with Crippen molar-refractivity contribution in [2.24, 2.45) is 0 Å². The molecular weight excluding hydrogens is 214 g/mol. The van der Waals surface area contributed by atoms with E-state index in [2.05, 4.69) is 13.8 Å². The lowest BCUT2D eigenvalue weighted by molar-refractivity contribution is 0.0706. The fraction of sp³-hybridized carbons (Fsp3) is 0.500. The van der Waals surface area contributed by atoms with Gasteiger partial charge >= 0.3 is 0 Å². The molecule has 17 heavy (non-hydrogen) atoms. The van der Waals surface area contributed by atoms with E-state index >= 15 is 0 Å². The third-order valence-electron chi connectivity index (χ3n) is 2.71. The van der Waals surface area contributed by atoms with E-state index in [-0.39, 0.29) is 0 Å². The molecule has 0 unspecified atom stereocenters. The summed E-state index contributed by atoms with van der Waals surface area (Å²) in [5.74, 6) is 0.0271. The Hall–Kier alpha value is -1.35. The van der Waals surface area contributed by atoms with Crippen molar-refractivity contribution in [1.29, 1.82) is 0 Å². The van der Waals surface area contributed by atoms with Gasteiger partial charge in [-0.15, -0.1) is 0 Å². The zero-order chi connectivity index (χ0) is 13.3. The van der Waals surface area contributed by atoms with Gasteiger partial charge in [-0.1, -0.05) is 39.8 Å². The summed E-state index contributed by atoms with van der Waals surface area (Å²) in [5, 5.41) is 8.53. The van der Waals surface area contributed by atoms with E-state index in [4.69, 9.17) is 5.21 Å². The van der Waals surface area contributed by atoms with E-state index < -0.39 is 5.91 Å². The quantitative estimate of drug-likeness (QED) is 0.619. The lowest BCUT2D eigenvalue weighted by Crippen LogP contribution is -2.18. The highest BCUT2D eigenvalue weighted by Crippen LogP contribution is 2.23. The highest BCUT2D eigenvalue weighted by Gasteiger charge is 2.09. The zero-order valence-electron chi connectivity index (χ0n) is 11.2. The molecular formula is C14H23NO2. The molecule has 0 aliphatic heterocycles. The minimum absolute atomic E-state index is 0.456. The first-order chi connectivity index (χ1) is 8.22. The Balaban J connectivity index is 0.00000121. The minimum atomic E-state index is -0.456. The number of hydrogen-bond donors (Lipinski definition) is 2. The summed E-state index contributed by atoms with van der Waals surface area (Å²) in [5.41, 5.74) is 3.30. The van der Waals surface area contributed by atoms with Crippen LogP contribution in [-0.2, 0) is 0 Å². The van der Waals surface area contributed by atoms with Crippen molar-refractivity contribution in [3.05, 3.63) is 35.4 Å². The number of hydrogen-bond acceptors (Lipinski definition) is 2. The Morgan fingerprint density at radius 2 is 1.88 bits per heavy atom. The van der Waals surface area contributed by atoms with Gasteiger partial charge in [0.1, 0.15) is 0 Å². The summed E-state index contributed by atoms with van der Waals surface area (Å²) in [7, 11) is 0. The normalized spacial score (nSPS) is 9.53. The summed E-state index contributed by atoms with van der Waals surface area (Å²) in [4.78, 5) is 11.2. The van der Waals surface area contributed by atoms with E-state index in [0.717, 1.165) is 18.4 Å². The molecule has 0 spiro atoms. The standard InChI is InChI=1S/C12H17NO2.C2H6/c1-3-9(4-2)10-6-5-7-11(8-10)12(14)13-15;1-2/h5-9,15H,3-4H2,1-2H3,(H,13,14);1-2H3. The number of rotatable bonds is 4. The Morgan fingerprint density at radius 3 is 2.35 bits per heavy atom. The van der Waals surface area contributed by atoms with Gasteiger partial charge in [0, 0.05) is 5.56 Å². The van der Waals surface area contributed by atoms with Crippen LogP contribution in [0, 0.1) is 0 Å². The van der Waals surface area contributed by atoms with Gasteiger partial charge in [0.2, 0.25) is 0 Å². The Kier molecular flexibility index (Phi) is 8.07. The first-order valence-electron chi connectivity index (χ1n) is 6.27. The maximum Gasteiger partial charge on any atom is 0.274 e. The predicted octanol–water partition coefficient (Wildman–Crippen LogP) is 3.74. The molecule has 0 aliphatic rings. The summed E-state index contributed by atoms with van der Waals surface area (Å²) >= 11 is 0. The minimum Gasteiger partial charge on any atom is -0.288 e. The number of hydroxylamine groups is 1. The second-order valence-electron chi connectivity index (χ2n) is 3.58. The van der Waals surface area contributed by atoms with E-state index in [1.807, 2.05) is 32.0 Å². The monoisotopic (exact) mass is 237 g/mol. The maximum absolute atomic E-state index is 11.2. The third-order valence-corrected chi connectivity index (χ3v) is 2.71. The Morgan fingerprint density at radius 1 is 1.29 bits per heavy atom. The molecule has 1 rings (SSSR count). The Bertz CT molecular complexity index is 333. The van der Waals surface area contributed by atoms with Crippen LogP contribution in [0.2, 0.25) is 0 Å². The van der Waals surface area contributed by atoms with Gasteiger partial charge in [0.25, 0.3) is 5.91 Å². The van der Waals surface area contributed by atoms with Crippen LogP contribution in [0.1, 0.15) is 62.4 Å². The van der Waals surface area contributed by atoms with Gasteiger partial charge in [-0.05, 0) is 36.5 Å². The van der Waals surface area contributed by atoms with Crippen LogP contribution in [0.15, 0.2) is 24.3 Å². The summed E-state index contributed by atoms with van der Waals surface area (Å²) in [6.07, 6.45) is 2.11. The van der Waals surface area contributed by atoms with Crippen LogP contribution in [-0.4, -0.2) is 11.1 Å². The molecule has 0 aromatic heterocycles. The molecule has 0 aliphatic carbocycles. The van der Waals surface area contributed by atoms with Crippen LogP contribution in [0.25, 0.3) is 0 Å². The second-order valence-corrected chi connectivity index (χ2v) is 3.58. The second kappa shape index (κ2) is 8.76. The van der Waals surface area contributed by atoms with Crippen molar-refractivity contribution >= 4 is 5.91 Å². The van der Waals surface area contributed by atoms with Crippen molar-refractivity contribution in [3.63, 3.8) is 0 Å². The predicted molar refractivity (Wildman–Crippen MR) is 70.4 cm³/mol. The highest BCUT2D eigenvalue weighted by atomic mass is 16.5. The highest BCUT2D eigenvalue weighted by molar-refractivity contribution is 5.93. The molecule has 0 saturated heterocycles. The lowest BCUT2D eigenvalue weighted by atomic mass is 9.93. The van der Waals surface area contributed by atoms with Crippen LogP contribution in [0.5, 0.6) is 0 Å². The number of carbonyl (C=O) groups excluding carboxylic acids is 1. The van der Waals surface area contributed by atoms with Crippen molar-refractivity contribution in [2.75, 3.05) is 0 Å². The van der Waals surface area contributed by atoms with Crippen LogP contribution in [0.3, 0.4) is 0 Å². The van der Waals surface area contributed by atoms with Gasteiger partial charge in [0.05, 0.1) is 0 Å². The van der Waals surface area contributed by atoms with E-state index in [9.17, 15) is 4.79 Å². The molecule has 0 bridgehead atoms. The molecule has 0 fully saturated rings.